The van der Waals surface area contributed by atoms with Crippen molar-refractivity contribution in [2.45, 2.75) is 30.5 Å². The summed E-state index contributed by atoms with van der Waals surface area (Å²) in [5.74, 6) is 0. The van der Waals surface area contributed by atoms with Gasteiger partial charge in [-0.1, -0.05) is 18.2 Å². The minimum Gasteiger partial charge on any atom is -0.100 e. The molecule has 0 N–H and O–H groups in total. The van der Waals surface area contributed by atoms with Gasteiger partial charge in [-0.05, 0) is 42.4 Å². The lowest BCUT2D eigenvalue weighted by Gasteiger charge is -2.19. The number of aryl methyl sites for hydroxylation is 1. The molecule has 0 nitrogen and oxygen atoms in total. The number of hydrogen-bond donors (Lipinski definition) is 0. The molecule has 0 unspecified atom stereocenters. The Bertz CT molecular complexity index is 305. The third kappa shape index (κ3) is 1.84. The average Bonchev–Trinajstić information content (AvgIpc) is 2.17. The number of halogens is 2. The molecule has 0 aliphatic heterocycles. The lowest BCUT2D eigenvalue weighted by atomic mass is 9.89. The van der Waals surface area contributed by atoms with Crippen molar-refractivity contribution >= 4 is 23.2 Å². The van der Waals surface area contributed by atoms with Crippen LogP contribution in [-0.4, -0.2) is 0 Å². The first-order valence-electron chi connectivity index (χ1n) is 4.68. The molecule has 0 heterocycles. The van der Waals surface area contributed by atoms with Gasteiger partial charge in [-0.2, -0.15) is 0 Å². The van der Waals surface area contributed by atoms with Gasteiger partial charge < -0.3 is 0 Å². The maximum Gasteiger partial charge on any atom is 0.133 e. The zero-order valence-corrected chi connectivity index (χ0v) is 8.91. The Hall–Kier alpha value is -0.200. The first kappa shape index (κ1) is 9.36. The smallest absolute Gasteiger partial charge is 0.100 e. The summed E-state index contributed by atoms with van der Waals surface area (Å²) in [6.45, 7) is 0. The van der Waals surface area contributed by atoms with Crippen LogP contribution in [0.25, 0.3) is 0 Å². The zero-order valence-electron chi connectivity index (χ0n) is 7.39. The van der Waals surface area contributed by atoms with E-state index in [1.54, 1.807) is 0 Å². The molecule has 70 valence electrons. The molecule has 1 aromatic rings. The molecule has 0 amide bonds. The Kier molecular flexibility index (Phi) is 2.80. The van der Waals surface area contributed by atoms with Crippen LogP contribution < -0.4 is 0 Å². The molecule has 1 aromatic carbocycles. The van der Waals surface area contributed by atoms with Crippen molar-refractivity contribution < 1.29 is 0 Å². The second kappa shape index (κ2) is 3.89. The van der Waals surface area contributed by atoms with Gasteiger partial charge in [-0.3, -0.25) is 0 Å². The summed E-state index contributed by atoms with van der Waals surface area (Å²) in [6.07, 6.45) is 4.89. The molecular weight excluding hydrogens is 203 g/mol. The van der Waals surface area contributed by atoms with Gasteiger partial charge in [0.05, 0.1) is 0 Å². The van der Waals surface area contributed by atoms with Gasteiger partial charge in [0, 0.05) is 0 Å². The maximum atomic E-state index is 5.91. The summed E-state index contributed by atoms with van der Waals surface area (Å²) < 4.78 is 0. The molecule has 0 fully saturated rings. The Morgan fingerprint density at radius 2 is 1.85 bits per heavy atom. The van der Waals surface area contributed by atoms with Crippen LogP contribution in [0.4, 0.5) is 0 Å². The second-order valence-corrected chi connectivity index (χ2v) is 4.59. The number of fused-ring (bicyclic) bond motifs is 1. The monoisotopic (exact) mass is 214 g/mol. The fraction of sp³-hybridized carbons (Fsp3) is 0.455. The summed E-state index contributed by atoms with van der Waals surface area (Å²) in [7, 11) is 0. The van der Waals surface area contributed by atoms with Crippen LogP contribution in [0.1, 0.15) is 34.4 Å². The van der Waals surface area contributed by atoms with Crippen molar-refractivity contribution in [3.05, 3.63) is 34.9 Å². The van der Waals surface area contributed by atoms with E-state index in [0.29, 0.717) is 0 Å². The van der Waals surface area contributed by atoms with Crippen molar-refractivity contribution in [2.24, 2.45) is 0 Å². The predicted octanol–water partition coefficient (Wildman–Crippen LogP) is 4.04. The Balaban J connectivity index is 2.46. The lowest BCUT2D eigenvalue weighted by molar-refractivity contribution is 0.681. The van der Waals surface area contributed by atoms with Gasteiger partial charge in [-0.15, -0.1) is 23.2 Å². The van der Waals surface area contributed by atoms with E-state index >= 15 is 0 Å². The Morgan fingerprint density at radius 1 is 1.08 bits per heavy atom. The topological polar surface area (TPSA) is 0 Å². The van der Waals surface area contributed by atoms with Crippen LogP contribution >= 0.6 is 23.2 Å². The number of benzene rings is 1. The number of alkyl halides is 2. The van der Waals surface area contributed by atoms with Gasteiger partial charge in [0.2, 0.25) is 0 Å². The SMILES string of the molecule is ClC(Cl)c1cccc2c1CCCC2. The van der Waals surface area contributed by atoms with Crippen molar-refractivity contribution in [3.63, 3.8) is 0 Å². The van der Waals surface area contributed by atoms with Crippen LogP contribution in [0.3, 0.4) is 0 Å². The van der Waals surface area contributed by atoms with Crippen LogP contribution in [0.5, 0.6) is 0 Å². The molecule has 2 rings (SSSR count). The minimum atomic E-state index is -0.368. The molecule has 1 aliphatic rings. The molecule has 2 heteroatoms. The molecule has 0 saturated carbocycles. The molecule has 1 aliphatic carbocycles. The van der Waals surface area contributed by atoms with Gasteiger partial charge in [0.25, 0.3) is 0 Å². The molecule has 0 saturated heterocycles. The standard InChI is InChI=1S/C11H12Cl2/c12-11(13)10-7-3-5-8-4-1-2-6-9(8)10/h3,5,7,11H,1-2,4,6H2. The zero-order chi connectivity index (χ0) is 9.26. The minimum absolute atomic E-state index is 0.368. The molecule has 0 bridgehead atoms. The first-order chi connectivity index (χ1) is 6.29. The average molecular weight is 215 g/mol. The predicted molar refractivity (Wildman–Crippen MR) is 57.5 cm³/mol. The van der Waals surface area contributed by atoms with E-state index < -0.39 is 0 Å². The van der Waals surface area contributed by atoms with Gasteiger partial charge in [0.15, 0.2) is 0 Å². The highest BCUT2D eigenvalue weighted by atomic mass is 35.5. The Labute approximate surface area is 88.9 Å². The second-order valence-electron chi connectivity index (χ2n) is 3.49. The fourth-order valence-corrected chi connectivity index (χ4v) is 2.42. The summed E-state index contributed by atoms with van der Waals surface area (Å²) in [5.41, 5.74) is 3.94. The summed E-state index contributed by atoms with van der Waals surface area (Å²) in [5, 5.41) is 0. The van der Waals surface area contributed by atoms with E-state index in [1.165, 1.54) is 30.4 Å². The summed E-state index contributed by atoms with van der Waals surface area (Å²) >= 11 is 11.8. The van der Waals surface area contributed by atoms with E-state index in [2.05, 4.69) is 12.1 Å². The Morgan fingerprint density at radius 3 is 2.62 bits per heavy atom. The highest BCUT2D eigenvalue weighted by molar-refractivity contribution is 6.44. The largest absolute Gasteiger partial charge is 0.133 e. The molecule has 0 aromatic heterocycles. The highest BCUT2D eigenvalue weighted by Crippen LogP contribution is 2.33. The van der Waals surface area contributed by atoms with Crippen LogP contribution in [-0.2, 0) is 12.8 Å². The van der Waals surface area contributed by atoms with Gasteiger partial charge >= 0.3 is 0 Å². The third-order valence-corrected chi connectivity index (χ3v) is 3.14. The summed E-state index contributed by atoms with van der Waals surface area (Å²) in [4.78, 5) is -0.368. The van der Waals surface area contributed by atoms with Crippen molar-refractivity contribution in [3.8, 4) is 0 Å². The first-order valence-corrected chi connectivity index (χ1v) is 5.55. The lowest BCUT2D eigenvalue weighted by Crippen LogP contribution is -2.05. The molecule has 0 radical (unpaired) electrons. The molecule has 0 spiro atoms. The number of rotatable bonds is 1. The van der Waals surface area contributed by atoms with E-state index in [4.69, 9.17) is 23.2 Å². The summed E-state index contributed by atoms with van der Waals surface area (Å²) in [6, 6.07) is 6.28. The van der Waals surface area contributed by atoms with E-state index in [1.807, 2.05) is 6.07 Å². The maximum absolute atomic E-state index is 5.91. The van der Waals surface area contributed by atoms with Gasteiger partial charge in [0.1, 0.15) is 4.84 Å². The van der Waals surface area contributed by atoms with Crippen molar-refractivity contribution in [1.29, 1.82) is 0 Å². The normalized spacial score (nSPS) is 15.9. The van der Waals surface area contributed by atoms with E-state index in [0.717, 1.165) is 12.0 Å². The highest BCUT2D eigenvalue weighted by Gasteiger charge is 2.15. The van der Waals surface area contributed by atoms with Crippen molar-refractivity contribution in [2.75, 3.05) is 0 Å². The molecule has 0 atom stereocenters. The van der Waals surface area contributed by atoms with Gasteiger partial charge in [-0.25, -0.2) is 0 Å². The van der Waals surface area contributed by atoms with Crippen LogP contribution in [0.2, 0.25) is 0 Å². The quantitative estimate of drug-likeness (QED) is 0.620. The van der Waals surface area contributed by atoms with Crippen LogP contribution in [0.15, 0.2) is 18.2 Å². The molecule has 13 heavy (non-hydrogen) atoms. The fourth-order valence-electron chi connectivity index (χ4n) is 2.02. The van der Waals surface area contributed by atoms with E-state index in [-0.39, 0.29) is 4.84 Å². The number of hydrogen-bond acceptors (Lipinski definition) is 0. The molecular formula is C11H12Cl2. The third-order valence-electron chi connectivity index (χ3n) is 2.67. The van der Waals surface area contributed by atoms with Crippen molar-refractivity contribution in [1.82, 2.24) is 0 Å². The van der Waals surface area contributed by atoms with Crippen LogP contribution in [0, 0.1) is 0 Å². The van der Waals surface area contributed by atoms with E-state index in [9.17, 15) is 0 Å².